The maximum absolute atomic E-state index is 12.2. The second-order valence-electron chi connectivity index (χ2n) is 4.73. The number of halogens is 1. The van der Waals surface area contributed by atoms with Crippen LogP contribution in [0.25, 0.3) is 0 Å². The first-order valence-electron chi connectivity index (χ1n) is 6.72. The molecule has 1 rings (SSSR count). The van der Waals surface area contributed by atoms with E-state index in [1.54, 1.807) is 18.0 Å². The monoisotopic (exact) mass is 299 g/mol. The van der Waals surface area contributed by atoms with Gasteiger partial charge in [0.15, 0.2) is 0 Å². The lowest BCUT2D eigenvalue weighted by molar-refractivity contribution is 0.0532. The highest BCUT2D eigenvalue weighted by molar-refractivity contribution is 6.33. The van der Waals surface area contributed by atoms with E-state index in [2.05, 4.69) is 10.3 Å². The van der Waals surface area contributed by atoms with Gasteiger partial charge < -0.3 is 15.0 Å². The van der Waals surface area contributed by atoms with E-state index >= 15 is 0 Å². The predicted molar refractivity (Wildman–Crippen MR) is 81.5 cm³/mol. The molecular weight excluding hydrogens is 278 g/mol. The van der Waals surface area contributed by atoms with E-state index in [4.69, 9.17) is 16.3 Å². The van der Waals surface area contributed by atoms with Crippen molar-refractivity contribution < 1.29 is 9.53 Å². The molecule has 1 N–H and O–H groups in total. The van der Waals surface area contributed by atoms with Gasteiger partial charge in [0.2, 0.25) is 0 Å². The van der Waals surface area contributed by atoms with Gasteiger partial charge in [0.1, 0.15) is 5.82 Å². The van der Waals surface area contributed by atoms with Crippen molar-refractivity contribution in [3.63, 3.8) is 0 Å². The largest absolute Gasteiger partial charge is 0.377 e. The van der Waals surface area contributed by atoms with Gasteiger partial charge in [-0.05, 0) is 26.8 Å². The number of ether oxygens (including phenoxy) is 1. The van der Waals surface area contributed by atoms with E-state index in [-0.39, 0.29) is 12.0 Å². The number of hydrogen-bond acceptors (Lipinski definition) is 4. The Kier molecular flexibility index (Phi) is 6.75. The number of anilines is 1. The molecule has 112 valence electrons. The summed E-state index contributed by atoms with van der Waals surface area (Å²) in [7, 11) is 1.73. The third-order valence-electron chi connectivity index (χ3n) is 2.66. The van der Waals surface area contributed by atoms with Crippen LogP contribution in [0.3, 0.4) is 0 Å². The summed E-state index contributed by atoms with van der Waals surface area (Å²) in [6, 6.07) is 1.63. The summed E-state index contributed by atoms with van der Waals surface area (Å²) < 4.78 is 5.43. The van der Waals surface area contributed by atoms with Crippen molar-refractivity contribution in [3.8, 4) is 0 Å². The fraction of sp³-hybridized carbons (Fsp3) is 0.571. The zero-order valence-corrected chi connectivity index (χ0v) is 13.2. The molecule has 0 fully saturated rings. The van der Waals surface area contributed by atoms with Gasteiger partial charge in [-0.2, -0.15) is 0 Å². The number of carbonyl (C=O) groups excluding carboxylic acids is 1. The number of likely N-dealkylation sites (N-methyl/N-ethyl adjacent to an activating group) is 1. The van der Waals surface area contributed by atoms with Crippen LogP contribution in [0.5, 0.6) is 0 Å². The summed E-state index contributed by atoms with van der Waals surface area (Å²) in [5, 5.41) is 3.48. The molecule has 0 aliphatic carbocycles. The maximum atomic E-state index is 12.2. The summed E-state index contributed by atoms with van der Waals surface area (Å²) in [5.74, 6) is 0.478. The summed E-state index contributed by atoms with van der Waals surface area (Å²) in [6.07, 6.45) is 1.69. The Morgan fingerprint density at radius 1 is 1.55 bits per heavy atom. The van der Waals surface area contributed by atoms with Crippen LogP contribution in [0.15, 0.2) is 12.3 Å². The lowest BCUT2D eigenvalue weighted by Gasteiger charge is -2.18. The minimum Gasteiger partial charge on any atom is -0.377 e. The van der Waals surface area contributed by atoms with Gasteiger partial charge in [-0.3, -0.25) is 4.79 Å². The Hall–Kier alpha value is -1.33. The molecule has 0 bridgehead atoms. The van der Waals surface area contributed by atoms with Crippen LogP contribution in [0.4, 0.5) is 5.82 Å². The molecule has 20 heavy (non-hydrogen) atoms. The first-order valence-corrected chi connectivity index (χ1v) is 7.10. The van der Waals surface area contributed by atoms with Gasteiger partial charge >= 0.3 is 0 Å². The number of pyridine rings is 1. The second kappa shape index (κ2) is 8.07. The number of carbonyl (C=O) groups is 1. The van der Waals surface area contributed by atoms with E-state index in [1.807, 2.05) is 20.8 Å². The van der Waals surface area contributed by atoms with Crippen LogP contribution in [-0.2, 0) is 4.74 Å². The SMILES string of the molecule is CCNc1ncc(C(=O)N(C)CCOC(C)C)cc1Cl. The molecule has 0 unspecified atom stereocenters. The van der Waals surface area contributed by atoms with Crippen molar-refractivity contribution in [1.82, 2.24) is 9.88 Å². The Labute approximate surface area is 125 Å². The Morgan fingerprint density at radius 2 is 2.25 bits per heavy atom. The van der Waals surface area contributed by atoms with Gasteiger partial charge in [-0.15, -0.1) is 0 Å². The Morgan fingerprint density at radius 3 is 2.80 bits per heavy atom. The number of amides is 1. The number of rotatable bonds is 7. The van der Waals surface area contributed by atoms with E-state index in [0.717, 1.165) is 6.54 Å². The number of aromatic nitrogens is 1. The quantitative estimate of drug-likeness (QED) is 0.841. The smallest absolute Gasteiger partial charge is 0.255 e. The molecule has 5 nitrogen and oxygen atoms in total. The number of nitrogens with zero attached hydrogens (tertiary/aromatic N) is 2. The molecule has 1 heterocycles. The lowest BCUT2D eigenvalue weighted by atomic mass is 10.2. The van der Waals surface area contributed by atoms with Crippen LogP contribution in [0.1, 0.15) is 31.1 Å². The third-order valence-corrected chi connectivity index (χ3v) is 2.95. The second-order valence-corrected chi connectivity index (χ2v) is 5.14. The van der Waals surface area contributed by atoms with Crippen molar-refractivity contribution in [1.29, 1.82) is 0 Å². The molecule has 0 saturated carbocycles. The van der Waals surface area contributed by atoms with Gasteiger partial charge in [0.25, 0.3) is 5.91 Å². The fourth-order valence-electron chi connectivity index (χ4n) is 1.60. The van der Waals surface area contributed by atoms with Crippen LogP contribution in [0.2, 0.25) is 5.02 Å². The first kappa shape index (κ1) is 16.7. The van der Waals surface area contributed by atoms with Gasteiger partial charge in [0, 0.05) is 26.3 Å². The molecule has 0 spiro atoms. The standard InChI is InChI=1S/C14H22ClN3O2/c1-5-16-13-12(15)8-11(9-17-13)14(19)18(4)6-7-20-10(2)3/h8-10H,5-7H2,1-4H3,(H,16,17). The molecule has 6 heteroatoms. The first-order chi connectivity index (χ1) is 9.45. The van der Waals surface area contributed by atoms with Gasteiger partial charge in [-0.25, -0.2) is 4.98 Å². The van der Waals surface area contributed by atoms with E-state index in [9.17, 15) is 4.79 Å². The molecule has 0 aliphatic heterocycles. The summed E-state index contributed by atoms with van der Waals surface area (Å²) in [4.78, 5) is 18.0. The highest BCUT2D eigenvalue weighted by atomic mass is 35.5. The zero-order valence-electron chi connectivity index (χ0n) is 12.4. The average molecular weight is 300 g/mol. The number of hydrogen-bond donors (Lipinski definition) is 1. The van der Waals surface area contributed by atoms with Crippen LogP contribution >= 0.6 is 11.6 Å². The molecular formula is C14H22ClN3O2. The summed E-state index contributed by atoms with van der Waals surface area (Å²) >= 11 is 6.08. The van der Waals surface area contributed by atoms with E-state index in [0.29, 0.717) is 29.6 Å². The van der Waals surface area contributed by atoms with Crippen molar-refractivity contribution in [3.05, 3.63) is 22.8 Å². The van der Waals surface area contributed by atoms with Crippen LogP contribution in [-0.4, -0.2) is 48.6 Å². The molecule has 0 atom stereocenters. The fourth-order valence-corrected chi connectivity index (χ4v) is 1.83. The van der Waals surface area contributed by atoms with Gasteiger partial charge in [-0.1, -0.05) is 11.6 Å². The molecule has 0 aromatic carbocycles. The van der Waals surface area contributed by atoms with E-state index in [1.165, 1.54) is 6.20 Å². The Balaban J connectivity index is 2.64. The summed E-state index contributed by atoms with van der Waals surface area (Å²) in [5.41, 5.74) is 0.476. The number of nitrogens with one attached hydrogen (secondary N) is 1. The van der Waals surface area contributed by atoms with Crippen LogP contribution in [0, 0.1) is 0 Å². The molecule has 0 saturated heterocycles. The minimum atomic E-state index is -0.116. The molecule has 1 aromatic heterocycles. The molecule has 1 aromatic rings. The third kappa shape index (κ3) is 4.98. The highest BCUT2D eigenvalue weighted by Crippen LogP contribution is 2.20. The normalized spacial score (nSPS) is 10.7. The Bertz CT molecular complexity index is 452. The van der Waals surface area contributed by atoms with Crippen molar-refractivity contribution in [2.45, 2.75) is 26.9 Å². The molecule has 1 amide bonds. The minimum absolute atomic E-state index is 0.116. The van der Waals surface area contributed by atoms with Gasteiger partial charge in [0.05, 0.1) is 23.3 Å². The van der Waals surface area contributed by atoms with Crippen molar-refractivity contribution in [2.24, 2.45) is 0 Å². The lowest BCUT2D eigenvalue weighted by Crippen LogP contribution is -2.30. The van der Waals surface area contributed by atoms with E-state index < -0.39 is 0 Å². The molecule has 0 aliphatic rings. The van der Waals surface area contributed by atoms with Crippen molar-refractivity contribution >= 4 is 23.3 Å². The van der Waals surface area contributed by atoms with Crippen LogP contribution < -0.4 is 5.32 Å². The maximum Gasteiger partial charge on any atom is 0.255 e. The summed E-state index contributed by atoms with van der Waals surface area (Å²) in [6.45, 7) is 7.65. The predicted octanol–water partition coefficient (Wildman–Crippen LogP) is 2.66. The zero-order chi connectivity index (χ0) is 15.1. The highest BCUT2D eigenvalue weighted by Gasteiger charge is 2.14. The topological polar surface area (TPSA) is 54.5 Å². The van der Waals surface area contributed by atoms with Crippen molar-refractivity contribution in [2.75, 3.05) is 32.1 Å². The average Bonchev–Trinajstić information content (AvgIpc) is 2.40. The molecule has 0 radical (unpaired) electrons.